The van der Waals surface area contributed by atoms with Gasteiger partial charge in [0, 0.05) is 6.54 Å². The number of carbonyl (C=O) groups excluding carboxylic acids is 1. The van der Waals surface area contributed by atoms with Crippen molar-refractivity contribution < 1.29 is 14.3 Å². The molecule has 0 aromatic rings. The fourth-order valence-corrected chi connectivity index (χ4v) is 1.02. The highest BCUT2D eigenvalue weighted by Gasteiger charge is 2.04. The predicted molar refractivity (Wildman–Crippen MR) is 55.4 cm³/mol. The largest absolute Gasteiger partial charge is 0.508 e. The van der Waals surface area contributed by atoms with Crippen LogP contribution in [0.25, 0.3) is 0 Å². The second kappa shape index (κ2) is 8.81. The lowest BCUT2D eigenvalue weighted by molar-refractivity contribution is 0.0488. The fourth-order valence-electron chi connectivity index (χ4n) is 1.02. The van der Waals surface area contributed by atoms with Crippen LogP contribution in [0.5, 0.6) is 0 Å². The van der Waals surface area contributed by atoms with Crippen molar-refractivity contribution in [3.05, 3.63) is 0 Å². The molecule has 0 unspecified atom stereocenters. The maximum absolute atomic E-state index is 10.9. The van der Waals surface area contributed by atoms with E-state index >= 15 is 0 Å². The van der Waals surface area contributed by atoms with E-state index < -0.39 is 6.16 Å². The van der Waals surface area contributed by atoms with Gasteiger partial charge in [0.05, 0.1) is 6.61 Å². The molecule has 0 aliphatic carbocycles. The third-order valence-electron chi connectivity index (χ3n) is 1.95. The van der Waals surface area contributed by atoms with E-state index in [1.54, 1.807) is 0 Å². The molecule has 4 heteroatoms. The van der Waals surface area contributed by atoms with Crippen molar-refractivity contribution in [2.24, 2.45) is 0 Å². The zero-order valence-electron chi connectivity index (χ0n) is 9.41. The SMILES string of the molecule is CCCOC(=O)OCCN(CC)CC. The molecule has 14 heavy (non-hydrogen) atoms. The molecule has 0 atom stereocenters. The Morgan fingerprint density at radius 2 is 1.64 bits per heavy atom. The van der Waals surface area contributed by atoms with Gasteiger partial charge in [0.2, 0.25) is 0 Å². The first-order valence-corrected chi connectivity index (χ1v) is 5.26. The summed E-state index contributed by atoms with van der Waals surface area (Å²) in [5.41, 5.74) is 0. The summed E-state index contributed by atoms with van der Waals surface area (Å²) in [6, 6.07) is 0. The van der Waals surface area contributed by atoms with Crippen LogP contribution < -0.4 is 0 Å². The molecule has 0 bridgehead atoms. The van der Waals surface area contributed by atoms with E-state index in [0.717, 1.165) is 26.1 Å². The van der Waals surface area contributed by atoms with Crippen LogP contribution in [-0.2, 0) is 9.47 Å². The van der Waals surface area contributed by atoms with Gasteiger partial charge in [-0.05, 0) is 19.5 Å². The van der Waals surface area contributed by atoms with Gasteiger partial charge in [0.25, 0.3) is 0 Å². The molecule has 0 aliphatic heterocycles. The molecule has 0 aliphatic rings. The molecular formula is C10H21NO3. The Kier molecular flexibility index (Phi) is 8.33. The summed E-state index contributed by atoms with van der Waals surface area (Å²) < 4.78 is 9.64. The number of likely N-dealkylation sites (N-methyl/N-ethyl adjacent to an activating group) is 1. The van der Waals surface area contributed by atoms with Crippen molar-refractivity contribution in [1.29, 1.82) is 0 Å². The highest BCUT2D eigenvalue weighted by atomic mass is 16.7. The quantitative estimate of drug-likeness (QED) is 0.592. The van der Waals surface area contributed by atoms with Crippen LogP contribution in [0.15, 0.2) is 0 Å². The lowest BCUT2D eigenvalue weighted by Gasteiger charge is -2.17. The molecule has 4 nitrogen and oxygen atoms in total. The Balaban J connectivity index is 3.38. The fraction of sp³-hybridized carbons (Fsp3) is 0.900. The van der Waals surface area contributed by atoms with Crippen LogP contribution in [0.3, 0.4) is 0 Å². The van der Waals surface area contributed by atoms with Crippen molar-refractivity contribution >= 4 is 6.16 Å². The lowest BCUT2D eigenvalue weighted by Crippen LogP contribution is -2.28. The van der Waals surface area contributed by atoms with Gasteiger partial charge in [-0.3, -0.25) is 0 Å². The number of hydrogen-bond donors (Lipinski definition) is 0. The average molecular weight is 203 g/mol. The Labute approximate surface area is 86.2 Å². The summed E-state index contributed by atoms with van der Waals surface area (Å²) in [5, 5.41) is 0. The monoisotopic (exact) mass is 203 g/mol. The third-order valence-corrected chi connectivity index (χ3v) is 1.95. The summed E-state index contributed by atoms with van der Waals surface area (Å²) in [7, 11) is 0. The topological polar surface area (TPSA) is 38.8 Å². The van der Waals surface area contributed by atoms with Gasteiger partial charge >= 0.3 is 6.16 Å². The summed E-state index contributed by atoms with van der Waals surface area (Å²) >= 11 is 0. The van der Waals surface area contributed by atoms with Crippen LogP contribution in [0.2, 0.25) is 0 Å². The van der Waals surface area contributed by atoms with Crippen molar-refractivity contribution in [1.82, 2.24) is 4.90 Å². The molecule has 0 saturated heterocycles. The Morgan fingerprint density at radius 1 is 1.07 bits per heavy atom. The van der Waals surface area contributed by atoms with Gasteiger partial charge in [0.15, 0.2) is 0 Å². The van der Waals surface area contributed by atoms with Crippen LogP contribution in [0.4, 0.5) is 4.79 Å². The van der Waals surface area contributed by atoms with Crippen LogP contribution in [0, 0.1) is 0 Å². The number of ether oxygens (including phenoxy) is 2. The van der Waals surface area contributed by atoms with Gasteiger partial charge in [-0.15, -0.1) is 0 Å². The molecule has 0 fully saturated rings. The minimum atomic E-state index is -0.556. The van der Waals surface area contributed by atoms with Crippen molar-refractivity contribution in [3.63, 3.8) is 0 Å². The number of nitrogens with zero attached hydrogens (tertiary/aromatic N) is 1. The third kappa shape index (κ3) is 6.71. The summed E-state index contributed by atoms with van der Waals surface area (Å²) in [6.45, 7) is 9.68. The first-order chi connectivity index (χ1) is 6.74. The second-order valence-electron chi connectivity index (χ2n) is 2.97. The molecular weight excluding hydrogens is 182 g/mol. The Bertz CT molecular complexity index is 146. The molecule has 0 radical (unpaired) electrons. The smallest absolute Gasteiger partial charge is 0.434 e. The van der Waals surface area contributed by atoms with Gasteiger partial charge in [-0.1, -0.05) is 20.8 Å². The maximum Gasteiger partial charge on any atom is 0.508 e. The van der Waals surface area contributed by atoms with E-state index in [9.17, 15) is 4.79 Å². The highest BCUT2D eigenvalue weighted by molar-refractivity contribution is 5.59. The van der Waals surface area contributed by atoms with E-state index in [2.05, 4.69) is 18.7 Å². The number of rotatable bonds is 7. The maximum atomic E-state index is 10.9. The average Bonchev–Trinajstić information content (AvgIpc) is 2.21. The predicted octanol–water partition coefficient (Wildman–Crippen LogP) is 1.89. The number of carbonyl (C=O) groups is 1. The van der Waals surface area contributed by atoms with Gasteiger partial charge in [-0.25, -0.2) is 4.79 Å². The normalized spacial score (nSPS) is 10.3. The molecule has 0 heterocycles. The zero-order valence-corrected chi connectivity index (χ0v) is 9.41. The molecule has 0 aromatic carbocycles. The van der Waals surface area contributed by atoms with Crippen LogP contribution in [-0.4, -0.2) is 43.9 Å². The van der Waals surface area contributed by atoms with Crippen LogP contribution in [0.1, 0.15) is 27.2 Å². The second-order valence-corrected chi connectivity index (χ2v) is 2.97. The zero-order chi connectivity index (χ0) is 10.8. The minimum Gasteiger partial charge on any atom is -0.434 e. The molecule has 0 aromatic heterocycles. The first kappa shape index (κ1) is 13.2. The van der Waals surface area contributed by atoms with E-state index in [0.29, 0.717) is 13.2 Å². The summed E-state index contributed by atoms with van der Waals surface area (Å²) in [6.07, 6.45) is 0.268. The van der Waals surface area contributed by atoms with Gasteiger partial charge < -0.3 is 14.4 Å². The molecule has 0 saturated carbocycles. The van der Waals surface area contributed by atoms with E-state index in [1.807, 2.05) is 6.92 Å². The van der Waals surface area contributed by atoms with Crippen molar-refractivity contribution in [3.8, 4) is 0 Å². The van der Waals surface area contributed by atoms with Crippen LogP contribution >= 0.6 is 0 Å². The molecule has 0 amide bonds. The van der Waals surface area contributed by atoms with E-state index in [-0.39, 0.29) is 0 Å². The van der Waals surface area contributed by atoms with Crippen molar-refractivity contribution in [2.45, 2.75) is 27.2 Å². The summed E-state index contributed by atoms with van der Waals surface area (Å²) in [4.78, 5) is 13.1. The molecule has 0 rings (SSSR count). The van der Waals surface area contributed by atoms with Gasteiger partial charge in [-0.2, -0.15) is 0 Å². The molecule has 84 valence electrons. The Morgan fingerprint density at radius 3 is 2.14 bits per heavy atom. The Hall–Kier alpha value is -0.770. The van der Waals surface area contributed by atoms with E-state index in [1.165, 1.54) is 0 Å². The molecule has 0 spiro atoms. The minimum absolute atomic E-state index is 0.407. The standard InChI is InChI=1S/C10H21NO3/c1-4-8-13-10(12)14-9-7-11(5-2)6-3/h4-9H2,1-3H3. The first-order valence-electron chi connectivity index (χ1n) is 5.26. The van der Waals surface area contributed by atoms with Crippen molar-refractivity contribution in [2.75, 3.05) is 32.8 Å². The molecule has 0 N–H and O–H groups in total. The number of hydrogen-bond acceptors (Lipinski definition) is 4. The lowest BCUT2D eigenvalue weighted by atomic mass is 10.5. The highest BCUT2D eigenvalue weighted by Crippen LogP contribution is 1.90. The van der Waals surface area contributed by atoms with E-state index in [4.69, 9.17) is 9.47 Å². The van der Waals surface area contributed by atoms with Gasteiger partial charge in [0.1, 0.15) is 6.61 Å². The summed E-state index contributed by atoms with van der Waals surface area (Å²) in [5.74, 6) is 0.